The minimum atomic E-state index is 0.738. The Kier molecular flexibility index (Phi) is 5.42. The van der Waals surface area contributed by atoms with Gasteiger partial charge < -0.3 is 9.84 Å². The first-order chi connectivity index (χ1) is 9.31. The van der Waals surface area contributed by atoms with Gasteiger partial charge in [-0.1, -0.05) is 24.2 Å². The Labute approximate surface area is 118 Å². The highest BCUT2D eigenvalue weighted by Gasteiger charge is 2.06. The van der Waals surface area contributed by atoms with E-state index in [0.717, 1.165) is 36.9 Å². The summed E-state index contributed by atoms with van der Waals surface area (Å²) in [4.78, 5) is 5.59. The van der Waals surface area contributed by atoms with Crippen LogP contribution >= 0.6 is 11.8 Å². The van der Waals surface area contributed by atoms with E-state index in [1.807, 2.05) is 7.05 Å². The zero-order chi connectivity index (χ0) is 13.5. The van der Waals surface area contributed by atoms with Crippen LogP contribution < -0.4 is 5.32 Å². The highest BCUT2D eigenvalue weighted by molar-refractivity contribution is 7.98. The molecule has 0 saturated carbocycles. The Morgan fingerprint density at radius 3 is 3.05 bits per heavy atom. The van der Waals surface area contributed by atoms with Crippen molar-refractivity contribution in [2.75, 3.05) is 7.05 Å². The van der Waals surface area contributed by atoms with Crippen molar-refractivity contribution in [3.63, 3.8) is 0 Å². The van der Waals surface area contributed by atoms with Crippen molar-refractivity contribution in [1.29, 1.82) is 0 Å². The number of hydrogen-bond donors (Lipinski definition) is 1. The molecule has 1 aromatic carbocycles. The Hall–Kier alpha value is -1.33. The average molecular weight is 277 g/mol. The SMILES string of the molecule is CCCc1nc(CSc2cccc(CNC)c2)no1. The van der Waals surface area contributed by atoms with Crippen molar-refractivity contribution < 1.29 is 4.52 Å². The molecule has 1 aromatic heterocycles. The highest BCUT2D eigenvalue weighted by Crippen LogP contribution is 2.22. The van der Waals surface area contributed by atoms with Gasteiger partial charge in [-0.15, -0.1) is 11.8 Å². The van der Waals surface area contributed by atoms with E-state index in [0.29, 0.717) is 0 Å². The van der Waals surface area contributed by atoms with Crippen LogP contribution in [0.3, 0.4) is 0 Å². The molecule has 0 fully saturated rings. The number of benzene rings is 1. The van der Waals surface area contributed by atoms with Gasteiger partial charge in [0.15, 0.2) is 5.82 Å². The number of aromatic nitrogens is 2. The van der Waals surface area contributed by atoms with E-state index in [1.54, 1.807) is 11.8 Å². The molecule has 19 heavy (non-hydrogen) atoms. The predicted octanol–water partition coefficient (Wildman–Crippen LogP) is 3.03. The summed E-state index contributed by atoms with van der Waals surface area (Å²) in [6.07, 6.45) is 1.89. The van der Waals surface area contributed by atoms with E-state index < -0.39 is 0 Å². The molecule has 0 aliphatic heterocycles. The second-order valence-electron chi connectivity index (χ2n) is 4.32. The van der Waals surface area contributed by atoms with Gasteiger partial charge in [0.1, 0.15) is 0 Å². The first-order valence-corrected chi connectivity index (χ1v) is 7.48. The third-order valence-electron chi connectivity index (χ3n) is 2.62. The molecule has 0 unspecified atom stereocenters. The minimum Gasteiger partial charge on any atom is -0.339 e. The van der Waals surface area contributed by atoms with Crippen molar-refractivity contribution in [1.82, 2.24) is 15.5 Å². The Balaban J connectivity index is 1.91. The van der Waals surface area contributed by atoms with Gasteiger partial charge >= 0.3 is 0 Å². The lowest BCUT2D eigenvalue weighted by Gasteiger charge is -2.03. The van der Waals surface area contributed by atoms with Crippen molar-refractivity contribution in [3.8, 4) is 0 Å². The maximum absolute atomic E-state index is 5.17. The quantitative estimate of drug-likeness (QED) is 0.788. The molecule has 2 rings (SSSR count). The van der Waals surface area contributed by atoms with Crippen LogP contribution in [-0.4, -0.2) is 17.2 Å². The van der Waals surface area contributed by atoms with Gasteiger partial charge in [-0.05, 0) is 31.2 Å². The van der Waals surface area contributed by atoms with E-state index in [-0.39, 0.29) is 0 Å². The molecule has 0 aliphatic carbocycles. The van der Waals surface area contributed by atoms with Crippen molar-refractivity contribution in [2.45, 2.75) is 37.0 Å². The number of nitrogens with one attached hydrogen (secondary N) is 1. The molecule has 1 N–H and O–H groups in total. The first kappa shape index (κ1) is 14.1. The van der Waals surface area contributed by atoms with Crippen LogP contribution in [0, 0.1) is 0 Å². The molecule has 0 amide bonds. The van der Waals surface area contributed by atoms with Gasteiger partial charge in [0.05, 0.1) is 5.75 Å². The maximum Gasteiger partial charge on any atom is 0.226 e. The molecule has 2 aromatic rings. The molecule has 0 aliphatic rings. The first-order valence-electron chi connectivity index (χ1n) is 6.49. The van der Waals surface area contributed by atoms with Crippen LogP contribution in [0.2, 0.25) is 0 Å². The second-order valence-corrected chi connectivity index (χ2v) is 5.37. The smallest absolute Gasteiger partial charge is 0.226 e. The van der Waals surface area contributed by atoms with Crippen molar-refractivity contribution in [2.24, 2.45) is 0 Å². The lowest BCUT2D eigenvalue weighted by molar-refractivity contribution is 0.373. The minimum absolute atomic E-state index is 0.738. The van der Waals surface area contributed by atoms with Crippen molar-refractivity contribution in [3.05, 3.63) is 41.5 Å². The number of rotatable bonds is 7. The van der Waals surface area contributed by atoms with Gasteiger partial charge in [-0.2, -0.15) is 4.98 Å². The molecule has 1 heterocycles. The molecule has 4 nitrogen and oxygen atoms in total. The lowest BCUT2D eigenvalue weighted by Crippen LogP contribution is -2.04. The molecule has 0 radical (unpaired) electrons. The maximum atomic E-state index is 5.17. The molecular formula is C14H19N3OS. The van der Waals surface area contributed by atoms with E-state index in [2.05, 4.69) is 46.6 Å². The summed E-state index contributed by atoms with van der Waals surface area (Å²) in [6, 6.07) is 8.49. The number of aryl methyl sites for hydroxylation is 1. The van der Waals surface area contributed by atoms with E-state index in [4.69, 9.17) is 4.52 Å². The van der Waals surface area contributed by atoms with E-state index >= 15 is 0 Å². The summed E-state index contributed by atoms with van der Waals surface area (Å²) in [7, 11) is 1.95. The van der Waals surface area contributed by atoms with Crippen LogP contribution in [-0.2, 0) is 18.7 Å². The fraction of sp³-hybridized carbons (Fsp3) is 0.429. The fourth-order valence-electron chi connectivity index (χ4n) is 1.76. The van der Waals surface area contributed by atoms with Gasteiger partial charge in [0.25, 0.3) is 0 Å². The predicted molar refractivity (Wildman–Crippen MR) is 77.1 cm³/mol. The molecule has 0 spiro atoms. The van der Waals surface area contributed by atoms with E-state index in [1.165, 1.54) is 10.5 Å². The van der Waals surface area contributed by atoms with Crippen LogP contribution in [0.5, 0.6) is 0 Å². The standard InChI is InChI=1S/C14H19N3OS/c1-3-5-14-16-13(17-18-14)10-19-12-7-4-6-11(8-12)9-15-2/h4,6-8,15H,3,5,9-10H2,1-2H3. The largest absolute Gasteiger partial charge is 0.339 e. The molecule has 102 valence electrons. The summed E-state index contributed by atoms with van der Waals surface area (Å²) in [5.74, 6) is 2.26. The Bertz CT molecular complexity index is 513. The summed E-state index contributed by atoms with van der Waals surface area (Å²) < 4.78 is 5.17. The molecule has 0 atom stereocenters. The molecule has 0 saturated heterocycles. The number of nitrogens with zero attached hydrogens (tertiary/aromatic N) is 2. The topological polar surface area (TPSA) is 51.0 Å². The fourth-order valence-corrected chi connectivity index (χ4v) is 2.58. The van der Waals surface area contributed by atoms with Crippen LogP contribution in [0.25, 0.3) is 0 Å². The monoisotopic (exact) mass is 277 g/mol. The normalized spacial score (nSPS) is 10.8. The average Bonchev–Trinajstić information content (AvgIpc) is 2.86. The summed E-state index contributed by atoms with van der Waals surface area (Å²) >= 11 is 1.73. The number of thioether (sulfide) groups is 1. The number of hydrogen-bond acceptors (Lipinski definition) is 5. The lowest BCUT2D eigenvalue weighted by atomic mass is 10.2. The molecular weight excluding hydrogens is 258 g/mol. The molecule has 0 bridgehead atoms. The van der Waals surface area contributed by atoms with Gasteiger partial charge in [0.2, 0.25) is 5.89 Å². The third kappa shape index (κ3) is 4.36. The Morgan fingerprint density at radius 2 is 2.26 bits per heavy atom. The van der Waals surface area contributed by atoms with Gasteiger partial charge in [-0.3, -0.25) is 0 Å². The van der Waals surface area contributed by atoms with Crippen LogP contribution in [0.1, 0.15) is 30.6 Å². The summed E-state index contributed by atoms with van der Waals surface area (Å²) in [5, 5.41) is 7.14. The van der Waals surface area contributed by atoms with Gasteiger partial charge in [-0.25, -0.2) is 0 Å². The molecule has 5 heteroatoms. The zero-order valence-electron chi connectivity index (χ0n) is 11.3. The Morgan fingerprint density at radius 1 is 1.37 bits per heavy atom. The highest BCUT2D eigenvalue weighted by atomic mass is 32.2. The van der Waals surface area contributed by atoms with Crippen LogP contribution in [0.15, 0.2) is 33.7 Å². The van der Waals surface area contributed by atoms with Crippen molar-refractivity contribution >= 4 is 11.8 Å². The van der Waals surface area contributed by atoms with E-state index in [9.17, 15) is 0 Å². The summed E-state index contributed by atoms with van der Waals surface area (Å²) in [6.45, 7) is 2.99. The zero-order valence-corrected chi connectivity index (χ0v) is 12.2. The summed E-state index contributed by atoms with van der Waals surface area (Å²) in [5.41, 5.74) is 1.28. The van der Waals surface area contributed by atoms with Crippen LogP contribution in [0.4, 0.5) is 0 Å². The van der Waals surface area contributed by atoms with Gasteiger partial charge in [0, 0.05) is 17.9 Å². The second kappa shape index (κ2) is 7.31. The third-order valence-corrected chi connectivity index (χ3v) is 3.61.